The van der Waals surface area contributed by atoms with Gasteiger partial charge < -0.3 is 43.3 Å². The van der Waals surface area contributed by atoms with E-state index in [0.29, 0.717) is 112 Å². The first kappa shape index (κ1) is 53.9. The van der Waals surface area contributed by atoms with Crippen molar-refractivity contribution in [2.24, 2.45) is 0 Å². The van der Waals surface area contributed by atoms with Crippen LogP contribution in [-0.4, -0.2) is 126 Å². The molecule has 0 fully saturated rings. The number of hydrogen-bond donors (Lipinski definition) is 4. The van der Waals surface area contributed by atoms with Gasteiger partial charge in [-0.2, -0.15) is 16.8 Å². The van der Waals surface area contributed by atoms with Crippen LogP contribution in [0.2, 0.25) is 0 Å². The number of benzene rings is 2. The van der Waals surface area contributed by atoms with Gasteiger partial charge in [0.1, 0.15) is 24.7 Å². The zero-order chi connectivity index (χ0) is 49.7. The van der Waals surface area contributed by atoms with Gasteiger partial charge in [-0.3, -0.25) is 9.11 Å². The van der Waals surface area contributed by atoms with Crippen molar-refractivity contribution in [2.75, 3.05) is 84.1 Å². The fourth-order valence-electron chi connectivity index (χ4n) is 8.20. The molecule has 0 amide bonds. The van der Waals surface area contributed by atoms with Crippen LogP contribution in [0.5, 0.6) is 11.8 Å². The van der Waals surface area contributed by atoms with E-state index in [0.717, 1.165) is 16.5 Å². The van der Waals surface area contributed by atoms with Crippen molar-refractivity contribution in [1.82, 2.24) is 9.31 Å². The number of rotatable bonds is 26. The van der Waals surface area contributed by atoms with Crippen molar-refractivity contribution >= 4 is 38.0 Å². The van der Waals surface area contributed by atoms with E-state index in [-0.39, 0.29) is 29.6 Å². The van der Waals surface area contributed by atoms with E-state index in [2.05, 4.69) is 37.5 Å². The van der Waals surface area contributed by atoms with Crippen LogP contribution in [0.1, 0.15) is 83.1 Å². The molecule has 1 aromatic carbocycles. The van der Waals surface area contributed by atoms with Crippen molar-refractivity contribution in [2.45, 2.75) is 81.9 Å². The smallest absolute Gasteiger partial charge is 0.333 e. The monoisotopic (exact) mass is 988 g/mol. The minimum Gasteiger partial charge on any atom is -0.492 e. The molecule has 1 aromatic heterocycles. The highest BCUT2D eigenvalue weighted by Gasteiger charge is 2.43. The Morgan fingerprint density at radius 2 is 1.49 bits per heavy atom. The Bertz CT molecular complexity index is 2630. The first-order valence-corrected chi connectivity index (χ1v) is 25.6. The van der Waals surface area contributed by atoms with Gasteiger partial charge in [0.2, 0.25) is 17.1 Å². The van der Waals surface area contributed by atoms with Crippen LogP contribution in [0.25, 0.3) is 17.4 Å². The second-order valence-electron chi connectivity index (χ2n) is 17.7. The molecule has 1 aliphatic carbocycles. The Kier molecular flexibility index (Phi) is 19.0. The zero-order valence-electron chi connectivity index (χ0n) is 39.7. The summed E-state index contributed by atoms with van der Waals surface area (Å²) in [6.07, 6.45) is 7.21. The first-order valence-electron chi connectivity index (χ1n) is 22.5. The lowest BCUT2D eigenvalue weighted by Gasteiger charge is -2.30. The minimum atomic E-state index is -4.62. The highest BCUT2D eigenvalue weighted by Crippen LogP contribution is 2.51. The second kappa shape index (κ2) is 24.0. The fraction of sp³-hybridized carbons (Fsp3) is 0.500. The van der Waals surface area contributed by atoms with Crippen molar-refractivity contribution in [3.05, 3.63) is 94.7 Å². The molecule has 0 spiro atoms. The molecule has 3 aliphatic rings. The summed E-state index contributed by atoms with van der Waals surface area (Å²) in [6.45, 7) is 12.7. The topological polar surface area (TPSA) is 237 Å². The van der Waals surface area contributed by atoms with Gasteiger partial charge in [-0.1, -0.05) is 33.3 Å². The maximum absolute atomic E-state index is 12.5. The summed E-state index contributed by atoms with van der Waals surface area (Å²) in [5.74, 6) is -0.850. The van der Waals surface area contributed by atoms with Gasteiger partial charge in [0.15, 0.2) is 13.1 Å². The van der Waals surface area contributed by atoms with Crippen LogP contribution < -0.4 is 19.7 Å². The highest BCUT2D eigenvalue weighted by atomic mass is 32.2. The lowest BCUT2D eigenvalue weighted by atomic mass is 9.77. The molecule has 3 heterocycles. The fourth-order valence-corrected chi connectivity index (χ4v) is 9.21. The van der Waals surface area contributed by atoms with Gasteiger partial charge >= 0.3 is 5.97 Å². The lowest BCUT2D eigenvalue weighted by Crippen LogP contribution is -2.36. The number of ether oxygens (including phenoxy) is 4. The minimum absolute atomic E-state index is 0.0118. The summed E-state index contributed by atoms with van der Waals surface area (Å²) in [5.41, 5.74) is 2.56. The number of aromatic nitrogens is 1. The van der Waals surface area contributed by atoms with E-state index in [4.69, 9.17) is 28.2 Å². The Balaban J connectivity index is 1.53. The predicted octanol–water partition coefficient (Wildman–Crippen LogP) is 5.80. The summed E-state index contributed by atoms with van der Waals surface area (Å²) < 4.78 is 99.8. The quantitative estimate of drug-likeness (QED) is 0.0331. The van der Waals surface area contributed by atoms with E-state index in [1.807, 2.05) is 42.2 Å². The van der Waals surface area contributed by atoms with E-state index in [9.17, 15) is 40.9 Å². The summed E-state index contributed by atoms with van der Waals surface area (Å²) in [5, 5.41) is 20.6. The molecule has 5 rings (SSSR count). The third-order valence-electron chi connectivity index (χ3n) is 11.7. The standard InChI is InChI=1S/C48H65N3O15S2/c1-47(2,3)39-33-36(65-42-32-35(15-17-38(39)42)49(23-25-63-29-27-61-5)24-26-64-30-28-62-6)12-10-13-43-48(4,21-11-31-67(55,56)57)40-34-37(68(58,59)60)16-18-41(40)50(43)22-9-7-8-14-46(54)66-51-44(52)19-20-45(51)53/h10,12-13,15-20,32-34H,7-9,11,14,21-31H2,1-6H3,(H3-,52,53,55,56,57,58,59,60)/p+1. The van der Waals surface area contributed by atoms with Crippen LogP contribution in [0.15, 0.2) is 81.8 Å². The van der Waals surface area contributed by atoms with Gasteiger partial charge in [0, 0.05) is 67.7 Å². The van der Waals surface area contributed by atoms with Crippen molar-refractivity contribution < 1.29 is 69.2 Å². The van der Waals surface area contributed by atoms with E-state index in [1.54, 1.807) is 20.3 Å². The number of unbranched alkanes of at least 4 members (excludes halogenated alkanes) is 2. The third-order valence-corrected chi connectivity index (χ3v) is 13.3. The maximum atomic E-state index is 12.5. The maximum Gasteiger partial charge on any atom is 0.333 e. The van der Waals surface area contributed by atoms with E-state index >= 15 is 0 Å². The number of methoxy groups -OCH3 is 2. The molecule has 4 N–H and O–H groups in total. The largest absolute Gasteiger partial charge is 0.492 e. The Labute approximate surface area is 398 Å². The normalized spacial score (nSPS) is 16.1. The van der Waals surface area contributed by atoms with E-state index in [1.165, 1.54) is 24.3 Å². The molecule has 2 aromatic rings. The number of fused-ring (bicyclic) bond motifs is 2. The molecular formula is C48H66N3O15S2+. The van der Waals surface area contributed by atoms with Crippen LogP contribution in [0, 0.1) is 0 Å². The van der Waals surface area contributed by atoms with Crippen LogP contribution in [0.4, 0.5) is 5.69 Å². The molecule has 68 heavy (non-hydrogen) atoms. The number of carbonyl (C=O) groups is 1. The zero-order valence-corrected chi connectivity index (χ0v) is 41.3. The number of anilines is 1. The van der Waals surface area contributed by atoms with E-state index < -0.39 is 49.1 Å². The molecule has 0 saturated carbocycles. The summed E-state index contributed by atoms with van der Waals surface area (Å²) in [4.78, 5) is 19.3. The van der Waals surface area contributed by atoms with Crippen molar-refractivity contribution in [3.8, 4) is 23.1 Å². The molecule has 0 bridgehead atoms. The first-order chi connectivity index (χ1) is 32.2. The van der Waals surface area contributed by atoms with Crippen LogP contribution in [0.3, 0.4) is 0 Å². The Morgan fingerprint density at radius 1 is 0.824 bits per heavy atom. The van der Waals surface area contributed by atoms with Gasteiger partial charge in [-0.15, -0.1) is 4.73 Å². The number of hydrogen-bond acceptors (Lipinski definition) is 14. The Hall–Kier alpha value is -5.06. The number of nitrogens with zero attached hydrogens (tertiary/aromatic N) is 3. The number of allylic oxidation sites excluding steroid dienone is 3. The third kappa shape index (κ3) is 14.7. The van der Waals surface area contributed by atoms with Gasteiger partial charge in [0.25, 0.3) is 20.2 Å². The van der Waals surface area contributed by atoms with Crippen LogP contribution in [-0.2, 0) is 54.8 Å². The summed E-state index contributed by atoms with van der Waals surface area (Å²) in [7, 11) is -5.70. The van der Waals surface area contributed by atoms with Crippen molar-refractivity contribution in [3.63, 3.8) is 0 Å². The Morgan fingerprint density at radius 3 is 2.09 bits per heavy atom. The second-order valence-corrected chi connectivity index (χ2v) is 20.7. The molecule has 1 atom stereocenters. The van der Waals surface area contributed by atoms with Crippen LogP contribution >= 0.6 is 0 Å². The molecule has 0 radical (unpaired) electrons. The molecule has 1 unspecified atom stereocenters. The molecule has 0 saturated heterocycles. The molecule has 374 valence electrons. The molecule has 2 aliphatic heterocycles. The van der Waals surface area contributed by atoms with Crippen molar-refractivity contribution in [1.29, 1.82) is 0 Å². The molecule has 20 heteroatoms. The summed E-state index contributed by atoms with van der Waals surface area (Å²) >= 11 is 0. The SMILES string of the molecule is COCCOCC[N+](CCOCCOC)=c1ccc2c(C(C)(C)C)cc(C=CC=C3N(CCCCCC(=O)On4c(O)ccc4O)c4ccc(S(=O)(=O)O)cc4C3(C)CCCS(=O)(=O)O)oc-2c1. The molecular weight excluding hydrogens is 923 g/mol. The van der Waals surface area contributed by atoms with Gasteiger partial charge in [0.05, 0.1) is 43.1 Å². The van der Waals surface area contributed by atoms with Gasteiger partial charge in [-0.05, 0) is 91.6 Å². The number of carbonyl (C=O) groups excluding carboxylic acids is 1. The lowest BCUT2D eigenvalue weighted by molar-refractivity contribution is -0.145. The molecule has 18 nitrogen and oxygen atoms in total. The highest BCUT2D eigenvalue weighted by molar-refractivity contribution is 7.86. The number of aromatic hydroxyl groups is 2. The average molecular weight is 989 g/mol. The van der Waals surface area contributed by atoms with Gasteiger partial charge in [-0.25, -0.2) is 9.37 Å². The predicted molar refractivity (Wildman–Crippen MR) is 256 cm³/mol. The average Bonchev–Trinajstić information content (AvgIpc) is 3.70. The summed E-state index contributed by atoms with van der Waals surface area (Å²) in [6, 6.07) is 14.8.